The van der Waals surface area contributed by atoms with Crippen LogP contribution in [0.4, 0.5) is 0 Å². The van der Waals surface area contributed by atoms with E-state index in [1.807, 2.05) is 4.08 Å². The summed E-state index contributed by atoms with van der Waals surface area (Å²) in [4.78, 5) is 0. The molecule has 0 unspecified atom stereocenters. The normalized spacial score (nSPS) is 13.8. The minimum Gasteiger partial charge on any atom is -0.407 e. The van der Waals surface area contributed by atoms with Crippen molar-refractivity contribution in [1.82, 2.24) is 0 Å². The second-order valence-corrected chi connectivity index (χ2v) is 12.9. The number of allylic oxidation sites excluding steroid dienone is 1. The standard InChI is InChI=1S/C23H31IO2Si/c1-23(2,3)27(21-13-6-4-7-14-21,22-15-8-5-9-16-22)26-19-17-20(25)12-10-11-18-24/h4-9,11,13-16,18,20,25H,10,12,17,19H2,1-3H3/b18-11+/t20-/m1/s1. The van der Waals surface area contributed by atoms with Crippen LogP contribution < -0.4 is 10.4 Å². The summed E-state index contributed by atoms with van der Waals surface area (Å²) in [6.45, 7) is 7.41. The maximum absolute atomic E-state index is 10.3. The van der Waals surface area contributed by atoms with Gasteiger partial charge in [-0.2, -0.15) is 0 Å². The molecule has 0 aliphatic heterocycles. The van der Waals surface area contributed by atoms with Crippen LogP contribution in [-0.2, 0) is 4.43 Å². The fourth-order valence-corrected chi connectivity index (χ4v) is 8.54. The topological polar surface area (TPSA) is 29.5 Å². The Morgan fingerprint density at radius 1 is 0.963 bits per heavy atom. The third kappa shape index (κ3) is 5.76. The van der Waals surface area contributed by atoms with E-state index in [9.17, 15) is 5.11 Å². The first kappa shape index (κ1) is 22.3. The van der Waals surface area contributed by atoms with E-state index in [1.165, 1.54) is 10.4 Å². The molecule has 4 heteroatoms. The Morgan fingerprint density at radius 3 is 1.93 bits per heavy atom. The molecule has 0 spiro atoms. The lowest BCUT2D eigenvalue weighted by molar-refractivity contribution is 0.129. The maximum atomic E-state index is 10.3. The van der Waals surface area contributed by atoms with Gasteiger partial charge >= 0.3 is 0 Å². The van der Waals surface area contributed by atoms with Crippen LogP contribution in [0.25, 0.3) is 0 Å². The molecule has 0 aromatic heterocycles. The van der Waals surface area contributed by atoms with E-state index in [0.717, 1.165) is 12.8 Å². The summed E-state index contributed by atoms with van der Waals surface area (Å²) < 4.78 is 8.81. The lowest BCUT2D eigenvalue weighted by Crippen LogP contribution is -2.66. The summed E-state index contributed by atoms with van der Waals surface area (Å²) in [5.74, 6) is 0. The first-order chi connectivity index (χ1) is 12.9. The number of benzene rings is 2. The second-order valence-electron chi connectivity index (χ2n) is 7.89. The van der Waals surface area contributed by atoms with E-state index < -0.39 is 8.32 Å². The molecule has 0 bridgehead atoms. The van der Waals surface area contributed by atoms with Crippen LogP contribution in [0.15, 0.2) is 70.8 Å². The maximum Gasteiger partial charge on any atom is 0.261 e. The molecule has 0 aliphatic rings. The van der Waals surface area contributed by atoms with Gasteiger partial charge in [0.2, 0.25) is 0 Å². The van der Waals surface area contributed by atoms with Crippen molar-refractivity contribution in [2.75, 3.05) is 6.61 Å². The number of halogens is 1. The average Bonchev–Trinajstić information content (AvgIpc) is 2.66. The van der Waals surface area contributed by atoms with Gasteiger partial charge in [0.1, 0.15) is 0 Å². The number of rotatable bonds is 9. The molecule has 0 aliphatic carbocycles. The highest BCUT2D eigenvalue weighted by molar-refractivity contribution is 14.1. The van der Waals surface area contributed by atoms with E-state index in [2.05, 4.69) is 110 Å². The van der Waals surface area contributed by atoms with E-state index in [4.69, 9.17) is 4.43 Å². The van der Waals surface area contributed by atoms with Crippen LogP contribution >= 0.6 is 22.6 Å². The van der Waals surface area contributed by atoms with Crippen molar-refractivity contribution in [3.05, 3.63) is 70.8 Å². The summed E-state index contributed by atoms with van der Waals surface area (Å²) in [5, 5.41) is 12.9. The molecule has 0 saturated carbocycles. The summed E-state index contributed by atoms with van der Waals surface area (Å²) >= 11 is 2.21. The minimum absolute atomic E-state index is 0.0232. The molecule has 0 amide bonds. The third-order valence-electron chi connectivity index (χ3n) is 4.94. The van der Waals surface area contributed by atoms with Gasteiger partial charge in [0.15, 0.2) is 0 Å². The Morgan fingerprint density at radius 2 is 1.48 bits per heavy atom. The number of aliphatic hydroxyl groups is 1. The van der Waals surface area contributed by atoms with E-state index in [-0.39, 0.29) is 11.1 Å². The minimum atomic E-state index is -2.48. The highest BCUT2D eigenvalue weighted by Crippen LogP contribution is 2.36. The zero-order chi connectivity index (χ0) is 19.8. The monoisotopic (exact) mass is 494 g/mol. The first-order valence-electron chi connectivity index (χ1n) is 9.60. The predicted octanol–water partition coefficient (Wildman–Crippen LogP) is 5.04. The third-order valence-corrected chi connectivity index (χ3v) is 10.5. The Bertz CT molecular complexity index is 656. The van der Waals surface area contributed by atoms with Crippen molar-refractivity contribution in [3.8, 4) is 0 Å². The average molecular weight is 494 g/mol. The van der Waals surface area contributed by atoms with Gasteiger partial charge in [-0.15, -0.1) is 0 Å². The molecule has 2 rings (SSSR count). The highest BCUT2D eigenvalue weighted by Gasteiger charge is 2.49. The molecule has 0 heterocycles. The smallest absolute Gasteiger partial charge is 0.261 e. The number of aliphatic hydroxyl groups excluding tert-OH is 1. The molecule has 2 aromatic carbocycles. The Balaban J connectivity index is 2.30. The largest absolute Gasteiger partial charge is 0.407 e. The SMILES string of the molecule is CC(C)(C)[Si](OCC[C@H](O)CC/C=C/I)(c1ccccc1)c1ccccc1. The zero-order valence-corrected chi connectivity index (χ0v) is 19.7. The summed E-state index contributed by atoms with van der Waals surface area (Å²) in [6.07, 6.45) is 4.12. The van der Waals surface area contributed by atoms with Gasteiger partial charge in [0, 0.05) is 6.61 Å². The van der Waals surface area contributed by atoms with Crippen molar-refractivity contribution in [3.63, 3.8) is 0 Å². The lowest BCUT2D eigenvalue weighted by Gasteiger charge is -2.43. The molecule has 0 saturated heterocycles. The van der Waals surface area contributed by atoms with E-state index in [0.29, 0.717) is 13.0 Å². The zero-order valence-electron chi connectivity index (χ0n) is 16.6. The van der Waals surface area contributed by atoms with Gasteiger partial charge in [0.05, 0.1) is 6.10 Å². The molecule has 1 N–H and O–H groups in total. The molecule has 0 fully saturated rings. The molecular formula is C23H31IO2Si. The fourth-order valence-electron chi connectivity index (χ4n) is 3.61. The van der Waals surface area contributed by atoms with Gasteiger partial charge in [-0.3, -0.25) is 0 Å². The Labute approximate surface area is 178 Å². The van der Waals surface area contributed by atoms with Crippen LogP contribution in [0.1, 0.15) is 40.0 Å². The molecule has 0 radical (unpaired) electrons. The summed E-state index contributed by atoms with van der Waals surface area (Å²) in [5.41, 5.74) is 0. The van der Waals surface area contributed by atoms with Crippen molar-refractivity contribution in [2.24, 2.45) is 0 Å². The number of hydrogen-bond donors (Lipinski definition) is 1. The van der Waals surface area contributed by atoms with E-state index >= 15 is 0 Å². The highest BCUT2D eigenvalue weighted by atomic mass is 127. The van der Waals surface area contributed by atoms with Crippen LogP contribution in [0, 0.1) is 0 Å². The van der Waals surface area contributed by atoms with Gasteiger partial charge in [-0.1, -0.05) is 110 Å². The first-order valence-corrected chi connectivity index (χ1v) is 12.8. The quantitative estimate of drug-likeness (QED) is 0.391. The van der Waals surface area contributed by atoms with Crippen molar-refractivity contribution < 1.29 is 9.53 Å². The van der Waals surface area contributed by atoms with Crippen molar-refractivity contribution in [2.45, 2.75) is 51.2 Å². The van der Waals surface area contributed by atoms with Gasteiger partial charge in [0.25, 0.3) is 8.32 Å². The van der Waals surface area contributed by atoms with Crippen LogP contribution in [-0.4, -0.2) is 26.1 Å². The van der Waals surface area contributed by atoms with Crippen LogP contribution in [0.3, 0.4) is 0 Å². The van der Waals surface area contributed by atoms with Crippen LogP contribution in [0.2, 0.25) is 5.04 Å². The molecule has 2 nitrogen and oxygen atoms in total. The fraction of sp³-hybridized carbons (Fsp3) is 0.391. The number of hydrogen-bond acceptors (Lipinski definition) is 2. The predicted molar refractivity (Wildman–Crippen MR) is 127 cm³/mol. The molecule has 146 valence electrons. The van der Waals surface area contributed by atoms with Crippen LogP contribution in [0.5, 0.6) is 0 Å². The Kier molecular flexibility index (Phi) is 8.73. The van der Waals surface area contributed by atoms with Crippen molar-refractivity contribution in [1.29, 1.82) is 0 Å². The molecule has 27 heavy (non-hydrogen) atoms. The molecule has 1 atom stereocenters. The summed E-state index contributed by atoms with van der Waals surface area (Å²) in [7, 11) is -2.48. The van der Waals surface area contributed by atoms with Gasteiger partial charge in [-0.25, -0.2) is 0 Å². The summed E-state index contributed by atoms with van der Waals surface area (Å²) in [6, 6.07) is 21.3. The van der Waals surface area contributed by atoms with E-state index in [1.54, 1.807) is 0 Å². The van der Waals surface area contributed by atoms with Crippen molar-refractivity contribution >= 4 is 41.3 Å². The molecular weight excluding hydrogens is 463 g/mol. The molecule has 2 aromatic rings. The van der Waals surface area contributed by atoms with Gasteiger partial charge in [-0.05, 0) is 38.8 Å². The second kappa shape index (κ2) is 10.6. The Hall–Kier alpha value is -0.953. The lowest BCUT2D eigenvalue weighted by atomic mass is 10.1. The van der Waals surface area contributed by atoms with Gasteiger partial charge < -0.3 is 9.53 Å².